The number of hydrogen-bond donors (Lipinski definition) is 0. The van der Waals surface area contributed by atoms with Crippen LogP contribution < -0.4 is 4.90 Å². The van der Waals surface area contributed by atoms with Crippen LogP contribution >= 0.6 is 11.6 Å². The lowest BCUT2D eigenvalue weighted by molar-refractivity contribution is 0.0591. The maximum atomic E-state index is 13.6. The number of carbonyl (C=O) groups excluding carboxylic acids is 1. The van der Waals surface area contributed by atoms with Gasteiger partial charge in [0, 0.05) is 43.5 Å². The Bertz CT molecular complexity index is 1270. The van der Waals surface area contributed by atoms with Gasteiger partial charge >= 0.3 is 0 Å². The van der Waals surface area contributed by atoms with Gasteiger partial charge in [-0.15, -0.1) is 0 Å². The van der Waals surface area contributed by atoms with Crippen molar-refractivity contribution in [2.24, 2.45) is 5.92 Å². The number of hydrogen-bond acceptors (Lipinski definition) is 6. The largest absolute Gasteiger partial charge is 0.355 e. The molecule has 34 heavy (non-hydrogen) atoms. The van der Waals surface area contributed by atoms with Gasteiger partial charge in [-0.2, -0.15) is 15.5 Å². The van der Waals surface area contributed by atoms with Crippen LogP contribution in [-0.2, 0) is 0 Å². The molecule has 0 spiro atoms. The first kappa shape index (κ1) is 22.7. The molecule has 2 saturated heterocycles. The Morgan fingerprint density at radius 2 is 2.09 bits per heavy atom. The molecule has 178 valence electrons. The zero-order chi connectivity index (χ0) is 24.0. The normalized spacial score (nSPS) is 20.9. The van der Waals surface area contributed by atoms with Crippen LogP contribution in [0.15, 0.2) is 18.5 Å². The van der Waals surface area contributed by atoms with Gasteiger partial charge in [0.1, 0.15) is 11.5 Å². The Balaban J connectivity index is 1.48. The van der Waals surface area contributed by atoms with E-state index >= 15 is 0 Å². The smallest absolute Gasteiger partial charge is 0.274 e. The van der Waals surface area contributed by atoms with Crippen LogP contribution in [0.5, 0.6) is 0 Å². The van der Waals surface area contributed by atoms with Crippen molar-refractivity contribution >= 4 is 29.0 Å². The van der Waals surface area contributed by atoms with Gasteiger partial charge in [0.25, 0.3) is 5.91 Å². The van der Waals surface area contributed by atoms with E-state index in [0.717, 1.165) is 55.0 Å². The van der Waals surface area contributed by atoms with Crippen molar-refractivity contribution in [1.29, 1.82) is 5.26 Å². The minimum Gasteiger partial charge on any atom is -0.355 e. The van der Waals surface area contributed by atoms with Crippen molar-refractivity contribution in [2.75, 3.05) is 24.5 Å². The van der Waals surface area contributed by atoms with E-state index in [0.29, 0.717) is 23.8 Å². The number of likely N-dealkylation sites (tertiary alicyclic amines) is 1. The summed E-state index contributed by atoms with van der Waals surface area (Å²) in [5.74, 6) is 0.842. The molecule has 2 atom stereocenters. The molecule has 5 heterocycles. The third kappa shape index (κ3) is 3.90. The number of fused-ring (bicyclic) bond motifs is 1. The van der Waals surface area contributed by atoms with Gasteiger partial charge in [-0.05, 0) is 46.5 Å². The van der Waals surface area contributed by atoms with Crippen LogP contribution in [0.3, 0.4) is 0 Å². The molecule has 0 aromatic carbocycles. The molecule has 3 aromatic rings. The average Bonchev–Trinajstić information content (AvgIpc) is 3.55. The third-order valence-electron chi connectivity index (χ3n) is 6.84. The van der Waals surface area contributed by atoms with Gasteiger partial charge in [0.2, 0.25) is 0 Å². The third-order valence-corrected chi connectivity index (χ3v) is 7.12. The van der Waals surface area contributed by atoms with Crippen molar-refractivity contribution in [2.45, 2.75) is 58.5 Å². The second kappa shape index (κ2) is 8.91. The first-order chi connectivity index (χ1) is 16.4. The summed E-state index contributed by atoms with van der Waals surface area (Å²) in [5, 5.41) is 18.8. The Kier molecular flexibility index (Phi) is 5.94. The monoisotopic (exact) mass is 480 g/mol. The highest BCUT2D eigenvalue weighted by atomic mass is 35.5. The van der Waals surface area contributed by atoms with Crippen LogP contribution in [0.2, 0.25) is 5.02 Å². The molecule has 2 aliphatic rings. The van der Waals surface area contributed by atoms with E-state index in [-0.39, 0.29) is 23.9 Å². The number of nitrogens with zero attached hydrogens (tertiary/aromatic N) is 8. The van der Waals surface area contributed by atoms with E-state index in [2.05, 4.69) is 16.1 Å². The van der Waals surface area contributed by atoms with Crippen LogP contribution in [0.4, 0.5) is 5.82 Å². The molecule has 9 nitrogen and oxygen atoms in total. The molecule has 10 heteroatoms. The highest BCUT2D eigenvalue weighted by Gasteiger charge is 2.34. The highest BCUT2D eigenvalue weighted by Crippen LogP contribution is 2.34. The number of carbonyl (C=O) groups is 1. The van der Waals surface area contributed by atoms with Gasteiger partial charge < -0.3 is 9.80 Å². The zero-order valence-corrected chi connectivity index (χ0v) is 20.5. The molecule has 0 aliphatic carbocycles. The summed E-state index contributed by atoms with van der Waals surface area (Å²) >= 11 is 6.39. The maximum absolute atomic E-state index is 13.6. The summed E-state index contributed by atoms with van der Waals surface area (Å²) < 4.78 is 3.50. The number of aryl methyl sites for hydroxylation is 1. The minimum absolute atomic E-state index is 0.0294. The summed E-state index contributed by atoms with van der Waals surface area (Å²) in [6.07, 6.45) is 7.20. The summed E-state index contributed by atoms with van der Waals surface area (Å²) in [7, 11) is 0. The second-order valence-electron chi connectivity index (χ2n) is 9.57. The Morgan fingerprint density at radius 1 is 1.26 bits per heavy atom. The lowest BCUT2D eigenvalue weighted by Gasteiger charge is -2.35. The number of amides is 1. The fourth-order valence-electron chi connectivity index (χ4n) is 5.11. The molecule has 1 amide bonds. The summed E-state index contributed by atoms with van der Waals surface area (Å²) in [4.78, 5) is 22.6. The summed E-state index contributed by atoms with van der Waals surface area (Å²) in [6.45, 7) is 8.18. The van der Waals surface area contributed by atoms with E-state index in [1.807, 2.05) is 37.9 Å². The molecular formula is C24H29ClN8O. The quantitative estimate of drug-likeness (QED) is 0.555. The second-order valence-corrected chi connectivity index (χ2v) is 9.98. The molecule has 5 rings (SSSR count). The van der Waals surface area contributed by atoms with Crippen molar-refractivity contribution in [3.8, 4) is 6.07 Å². The molecule has 2 unspecified atom stereocenters. The van der Waals surface area contributed by atoms with Gasteiger partial charge in [0.05, 0.1) is 34.9 Å². The lowest BCUT2D eigenvalue weighted by Crippen LogP contribution is -2.40. The van der Waals surface area contributed by atoms with E-state index in [4.69, 9.17) is 21.7 Å². The van der Waals surface area contributed by atoms with Gasteiger partial charge in [0.15, 0.2) is 5.65 Å². The van der Waals surface area contributed by atoms with Crippen molar-refractivity contribution < 1.29 is 4.79 Å². The molecule has 0 bridgehead atoms. The minimum atomic E-state index is -0.145. The predicted molar refractivity (Wildman–Crippen MR) is 129 cm³/mol. The van der Waals surface area contributed by atoms with Crippen molar-refractivity contribution in [1.82, 2.24) is 29.3 Å². The van der Waals surface area contributed by atoms with E-state index < -0.39 is 0 Å². The number of aromatic nitrogens is 5. The van der Waals surface area contributed by atoms with E-state index in [9.17, 15) is 10.1 Å². The Labute approximate surface area is 203 Å². The summed E-state index contributed by atoms with van der Waals surface area (Å²) in [6, 6.07) is 4.24. The molecule has 3 aromatic heterocycles. The molecule has 2 fully saturated rings. The number of anilines is 1. The average molecular weight is 481 g/mol. The first-order valence-electron chi connectivity index (χ1n) is 11.9. The Morgan fingerprint density at radius 3 is 2.82 bits per heavy atom. The van der Waals surface area contributed by atoms with E-state index in [1.54, 1.807) is 15.4 Å². The molecule has 0 N–H and O–H groups in total. The number of nitriles is 1. The van der Waals surface area contributed by atoms with Crippen LogP contribution in [0.1, 0.15) is 73.4 Å². The fraction of sp³-hybridized carbons (Fsp3) is 0.542. The van der Waals surface area contributed by atoms with Crippen LogP contribution in [0, 0.1) is 24.2 Å². The van der Waals surface area contributed by atoms with Gasteiger partial charge in [-0.3, -0.25) is 9.48 Å². The maximum Gasteiger partial charge on any atom is 0.274 e. The Hall–Kier alpha value is -3.12. The SMILES string of the molecule is Cc1cn2nc(C3CCCCN3C(=O)c3c(Cl)cnn3C(C)C)cc2nc1N1CCC(C#N)C1. The zero-order valence-electron chi connectivity index (χ0n) is 19.8. The van der Waals surface area contributed by atoms with E-state index in [1.165, 1.54) is 0 Å². The first-order valence-corrected chi connectivity index (χ1v) is 12.3. The van der Waals surface area contributed by atoms with Crippen LogP contribution in [0.25, 0.3) is 5.65 Å². The molecule has 0 radical (unpaired) electrons. The number of piperidine rings is 1. The van der Waals surface area contributed by atoms with Gasteiger partial charge in [-0.1, -0.05) is 11.6 Å². The highest BCUT2D eigenvalue weighted by molar-refractivity contribution is 6.33. The summed E-state index contributed by atoms with van der Waals surface area (Å²) in [5.41, 5.74) is 3.04. The topological polar surface area (TPSA) is 95.3 Å². The number of halogens is 1. The van der Waals surface area contributed by atoms with Crippen molar-refractivity contribution in [3.63, 3.8) is 0 Å². The lowest BCUT2D eigenvalue weighted by atomic mass is 9.99. The van der Waals surface area contributed by atoms with Crippen LogP contribution in [-0.4, -0.2) is 54.8 Å². The molecule has 0 saturated carbocycles. The number of rotatable bonds is 4. The predicted octanol–water partition coefficient (Wildman–Crippen LogP) is 4.19. The standard InChI is InChI=1S/C24H29ClN8O/c1-15(2)33-22(18(25)12-27-33)24(34)31-8-5-4-6-20(31)19-10-21-28-23(16(3)13-32(21)29-19)30-9-7-17(11-26)14-30/h10,12-13,15,17,20H,4-9,14H2,1-3H3. The molecular weight excluding hydrogens is 452 g/mol. The van der Waals surface area contributed by atoms with Gasteiger partial charge in [-0.25, -0.2) is 9.50 Å². The fourth-order valence-corrected chi connectivity index (χ4v) is 5.32. The molecule has 2 aliphatic heterocycles. The van der Waals surface area contributed by atoms with Crippen molar-refractivity contribution in [3.05, 3.63) is 40.4 Å².